The third kappa shape index (κ3) is 2.37. The van der Waals surface area contributed by atoms with Gasteiger partial charge in [-0.3, -0.25) is 0 Å². The Labute approximate surface area is 131 Å². The fraction of sp³-hybridized carbons (Fsp3) is 0.647. The van der Waals surface area contributed by atoms with Gasteiger partial charge in [-0.05, 0) is 51.5 Å². The first-order chi connectivity index (χ1) is 10.9. The molecule has 0 unspecified atom stereocenters. The van der Waals surface area contributed by atoms with Crippen molar-refractivity contribution in [3.63, 3.8) is 0 Å². The monoisotopic (exact) mass is 299 g/mol. The molecule has 1 saturated carbocycles. The Kier molecular flexibility index (Phi) is 3.74. The van der Waals surface area contributed by atoms with E-state index in [1.165, 1.54) is 54.9 Å². The van der Waals surface area contributed by atoms with Crippen molar-refractivity contribution in [3.05, 3.63) is 23.0 Å². The summed E-state index contributed by atoms with van der Waals surface area (Å²) < 4.78 is 2.05. The molecule has 2 heterocycles. The highest BCUT2D eigenvalue weighted by molar-refractivity contribution is 5.57. The van der Waals surface area contributed by atoms with Crippen molar-refractivity contribution in [2.75, 3.05) is 18.4 Å². The van der Waals surface area contributed by atoms with E-state index in [0.29, 0.717) is 5.92 Å². The molecule has 0 spiro atoms. The molecule has 5 nitrogen and oxygen atoms in total. The lowest BCUT2D eigenvalue weighted by Crippen LogP contribution is -2.17. The molecule has 2 aromatic rings. The van der Waals surface area contributed by atoms with Gasteiger partial charge in [0, 0.05) is 29.8 Å². The molecule has 1 fully saturated rings. The summed E-state index contributed by atoms with van der Waals surface area (Å²) in [6.07, 6.45) is 9.59. The number of hydrogen-bond acceptors (Lipinski definition) is 4. The molecule has 0 saturated heterocycles. The fourth-order valence-corrected chi connectivity index (χ4v) is 3.56. The molecule has 2 aromatic heterocycles. The number of aryl methyl sites for hydroxylation is 1. The maximum atomic E-state index is 5.64. The Morgan fingerprint density at radius 3 is 2.86 bits per heavy atom. The van der Waals surface area contributed by atoms with E-state index >= 15 is 0 Å². The SMILES string of the molecule is NCCCNc1c2c(nc3cc(C4CCC4)nn13)CCCC2. The first-order valence-electron chi connectivity index (χ1n) is 8.72. The van der Waals surface area contributed by atoms with Crippen molar-refractivity contribution in [1.29, 1.82) is 0 Å². The number of aromatic nitrogens is 3. The molecular weight excluding hydrogens is 274 g/mol. The Bertz CT molecular complexity index is 671. The standard InChI is InChI=1S/C17H25N5/c18-9-4-10-19-17-13-7-1-2-8-14(13)20-16-11-15(21-22(16)17)12-5-3-6-12/h11-12,19H,1-10,18H2. The van der Waals surface area contributed by atoms with Crippen LogP contribution in [0.2, 0.25) is 0 Å². The number of nitrogens with zero attached hydrogens (tertiary/aromatic N) is 3. The molecule has 3 N–H and O–H groups in total. The van der Waals surface area contributed by atoms with Gasteiger partial charge in [0.1, 0.15) is 5.82 Å². The second-order valence-corrected chi connectivity index (χ2v) is 6.63. The summed E-state index contributed by atoms with van der Waals surface area (Å²) in [5, 5.41) is 8.47. The van der Waals surface area contributed by atoms with Crippen LogP contribution in [0.1, 0.15) is 61.4 Å². The fourth-order valence-electron chi connectivity index (χ4n) is 3.56. The van der Waals surface area contributed by atoms with E-state index in [0.717, 1.165) is 38.0 Å². The predicted molar refractivity (Wildman–Crippen MR) is 88.4 cm³/mol. The molecule has 4 rings (SSSR count). The van der Waals surface area contributed by atoms with Crippen molar-refractivity contribution in [1.82, 2.24) is 14.6 Å². The second kappa shape index (κ2) is 5.88. The van der Waals surface area contributed by atoms with E-state index < -0.39 is 0 Å². The summed E-state index contributed by atoms with van der Waals surface area (Å²) in [4.78, 5) is 4.90. The number of anilines is 1. The molecule has 0 bridgehead atoms. The summed E-state index contributed by atoms with van der Waals surface area (Å²) >= 11 is 0. The van der Waals surface area contributed by atoms with Crippen LogP contribution >= 0.6 is 0 Å². The minimum absolute atomic E-state index is 0.649. The van der Waals surface area contributed by atoms with Crippen LogP contribution in [-0.4, -0.2) is 27.7 Å². The quantitative estimate of drug-likeness (QED) is 0.833. The first-order valence-corrected chi connectivity index (χ1v) is 8.72. The minimum Gasteiger partial charge on any atom is -0.370 e. The normalized spacial score (nSPS) is 18.2. The molecular formula is C17H25N5. The zero-order valence-corrected chi connectivity index (χ0v) is 13.1. The van der Waals surface area contributed by atoms with E-state index in [1.807, 2.05) is 4.52 Å². The highest BCUT2D eigenvalue weighted by Crippen LogP contribution is 2.37. The lowest BCUT2D eigenvalue weighted by atomic mass is 9.83. The van der Waals surface area contributed by atoms with Crippen molar-refractivity contribution in [2.45, 2.75) is 57.3 Å². The summed E-state index contributed by atoms with van der Waals surface area (Å²) in [6, 6.07) is 2.20. The van der Waals surface area contributed by atoms with Crippen molar-refractivity contribution in [2.24, 2.45) is 5.73 Å². The maximum absolute atomic E-state index is 5.64. The smallest absolute Gasteiger partial charge is 0.157 e. The highest BCUT2D eigenvalue weighted by atomic mass is 15.3. The van der Waals surface area contributed by atoms with E-state index in [2.05, 4.69) is 11.4 Å². The Hall–Kier alpha value is -1.62. The van der Waals surface area contributed by atoms with Gasteiger partial charge in [-0.25, -0.2) is 4.98 Å². The summed E-state index contributed by atoms with van der Waals surface area (Å²) in [7, 11) is 0. The average molecular weight is 299 g/mol. The number of nitrogens with two attached hydrogens (primary N) is 1. The number of nitrogens with one attached hydrogen (secondary N) is 1. The lowest BCUT2D eigenvalue weighted by molar-refractivity contribution is 0.409. The van der Waals surface area contributed by atoms with Gasteiger partial charge >= 0.3 is 0 Å². The van der Waals surface area contributed by atoms with Gasteiger partial charge in [-0.15, -0.1) is 0 Å². The third-order valence-electron chi connectivity index (χ3n) is 5.09. The van der Waals surface area contributed by atoms with E-state index in [-0.39, 0.29) is 0 Å². The highest BCUT2D eigenvalue weighted by Gasteiger charge is 2.25. The van der Waals surface area contributed by atoms with Crippen LogP contribution in [0.15, 0.2) is 6.07 Å². The summed E-state index contributed by atoms with van der Waals surface area (Å²) in [5.41, 5.74) is 10.5. The topological polar surface area (TPSA) is 68.2 Å². The van der Waals surface area contributed by atoms with Gasteiger partial charge in [-0.1, -0.05) is 6.42 Å². The van der Waals surface area contributed by atoms with Gasteiger partial charge in [0.15, 0.2) is 5.65 Å². The van der Waals surface area contributed by atoms with E-state index in [4.69, 9.17) is 15.8 Å². The number of hydrogen-bond donors (Lipinski definition) is 2. The Morgan fingerprint density at radius 2 is 2.09 bits per heavy atom. The molecule has 2 aliphatic rings. The second-order valence-electron chi connectivity index (χ2n) is 6.63. The Morgan fingerprint density at radius 1 is 1.23 bits per heavy atom. The zero-order valence-electron chi connectivity index (χ0n) is 13.1. The molecule has 5 heteroatoms. The van der Waals surface area contributed by atoms with Gasteiger partial charge in [0.05, 0.1) is 5.69 Å². The van der Waals surface area contributed by atoms with Crippen LogP contribution in [0, 0.1) is 0 Å². The minimum atomic E-state index is 0.649. The summed E-state index contributed by atoms with van der Waals surface area (Å²) in [6.45, 7) is 1.62. The predicted octanol–water partition coefficient (Wildman–Crippen LogP) is 2.64. The van der Waals surface area contributed by atoms with Crippen LogP contribution in [0.4, 0.5) is 5.82 Å². The molecule has 0 radical (unpaired) electrons. The average Bonchev–Trinajstić information content (AvgIpc) is 2.87. The molecule has 118 valence electrons. The summed E-state index contributed by atoms with van der Waals surface area (Å²) in [5.74, 6) is 1.81. The maximum Gasteiger partial charge on any atom is 0.157 e. The largest absolute Gasteiger partial charge is 0.370 e. The van der Waals surface area contributed by atoms with Crippen LogP contribution in [0.5, 0.6) is 0 Å². The zero-order chi connectivity index (χ0) is 14.9. The molecule has 0 atom stereocenters. The van der Waals surface area contributed by atoms with Gasteiger partial charge in [-0.2, -0.15) is 9.61 Å². The number of fused-ring (bicyclic) bond motifs is 2. The van der Waals surface area contributed by atoms with Gasteiger partial charge in [0.2, 0.25) is 0 Å². The van der Waals surface area contributed by atoms with E-state index in [9.17, 15) is 0 Å². The van der Waals surface area contributed by atoms with Crippen LogP contribution in [0.25, 0.3) is 5.65 Å². The van der Waals surface area contributed by atoms with Crippen LogP contribution in [-0.2, 0) is 12.8 Å². The first kappa shape index (κ1) is 14.0. The van der Waals surface area contributed by atoms with Crippen molar-refractivity contribution in [3.8, 4) is 0 Å². The van der Waals surface area contributed by atoms with Gasteiger partial charge < -0.3 is 11.1 Å². The lowest BCUT2D eigenvalue weighted by Gasteiger charge is -2.22. The molecule has 2 aliphatic carbocycles. The van der Waals surface area contributed by atoms with E-state index in [1.54, 1.807) is 0 Å². The third-order valence-corrected chi connectivity index (χ3v) is 5.09. The molecule has 0 aromatic carbocycles. The van der Waals surface area contributed by atoms with Gasteiger partial charge in [0.25, 0.3) is 0 Å². The van der Waals surface area contributed by atoms with Crippen LogP contribution in [0.3, 0.4) is 0 Å². The molecule has 0 amide bonds. The van der Waals surface area contributed by atoms with Crippen molar-refractivity contribution >= 4 is 11.5 Å². The molecule has 0 aliphatic heterocycles. The van der Waals surface area contributed by atoms with Crippen molar-refractivity contribution < 1.29 is 0 Å². The van der Waals surface area contributed by atoms with Crippen LogP contribution < -0.4 is 11.1 Å². The Balaban J connectivity index is 1.77. The number of rotatable bonds is 5. The molecule has 22 heavy (non-hydrogen) atoms.